The van der Waals surface area contributed by atoms with Gasteiger partial charge in [-0.3, -0.25) is 4.79 Å². The number of nitrogens with one attached hydrogen (secondary N) is 2. The van der Waals surface area contributed by atoms with Crippen LogP contribution in [0.3, 0.4) is 0 Å². The predicted octanol–water partition coefficient (Wildman–Crippen LogP) is 2.66. The molecule has 156 valence electrons. The average molecular weight is 409 g/mol. The van der Waals surface area contributed by atoms with Crippen molar-refractivity contribution in [1.29, 1.82) is 0 Å². The van der Waals surface area contributed by atoms with Gasteiger partial charge in [-0.15, -0.1) is 12.4 Å². The SMILES string of the molecule is CN(Cc1ccccc1)C(=O)NCCC(=O)NC1C2CCCC1CC(N)C2.Cl. The van der Waals surface area contributed by atoms with E-state index in [0.29, 0.717) is 31.3 Å². The lowest BCUT2D eigenvalue weighted by atomic mass is 9.67. The van der Waals surface area contributed by atoms with Gasteiger partial charge in [-0.25, -0.2) is 4.79 Å². The van der Waals surface area contributed by atoms with Crippen molar-refractivity contribution < 1.29 is 9.59 Å². The predicted molar refractivity (Wildman–Crippen MR) is 113 cm³/mol. The zero-order valence-corrected chi connectivity index (χ0v) is 17.4. The van der Waals surface area contributed by atoms with E-state index in [4.69, 9.17) is 5.73 Å². The molecule has 0 aromatic heterocycles. The fraction of sp³-hybridized carbons (Fsp3) is 0.619. The lowest BCUT2D eigenvalue weighted by molar-refractivity contribution is -0.123. The first-order valence-electron chi connectivity index (χ1n) is 10.1. The molecule has 1 aromatic rings. The summed E-state index contributed by atoms with van der Waals surface area (Å²) in [5.74, 6) is 1.06. The number of nitrogens with zero attached hydrogens (tertiary/aromatic N) is 1. The van der Waals surface area contributed by atoms with Crippen LogP contribution in [0.15, 0.2) is 30.3 Å². The number of hydrogen-bond acceptors (Lipinski definition) is 3. The van der Waals surface area contributed by atoms with Crippen LogP contribution in [0.2, 0.25) is 0 Å². The molecule has 28 heavy (non-hydrogen) atoms. The summed E-state index contributed by atoms with van der Waals surface area (Å²) in [4.78, 5) is 26.2. The van der Waals surface area contributed by atoms with E-state index in [-0.39, 0.29) is 36.4 Å². The molecule has 0 radical (unpaired) electrons. The fourth-order valence-electron chi connectivity index (χ4n) is 4.63. The highest BCUT2D eigenvalue weighted by Crippen LogP contribution is 2.39. The number of carbonyl (C=O) groups is 2. The lowest BCUT2D eigenvalue weighted by Gasteiger charge is -2.45. The van der Waals surface area contributed by atoms with E-state index in [1.165, 1.54) is 6.42 Å². The smallest absolute Gasteiger partial charge is 0.317 e. The van der Waals surface area contributed by atoms with Crippen molar-refractivity contribution in [3.63, 3.8) is 0 Å². The zero-order valence-electron chi connectivity index (χ0n) is 16.6. The van der Waals surface area contributed by atoms with Crippen LogP contribution in [0.1, 0.15) is 44.1 Å². The summed E-state index contributed by atoms with van der Waals surface area (Å²) < 4.78 is 0. The molecule has 0 saturated heterocycles. The van der Waals surface area contributed by atoms with E-state index < -0.39 is 0 Å². The second-order valence-corrected chi connectivity index (χ2v) is 8.10. The maximum atomic E-state index is 12.4. The topological polar surface area (TPSA) is 87.5 Å². The van der Waals surface area contributed by atoms with Gasteiger partial charge in [0.2, 0.25) is 5.91 Å². The van der Waals surface area contributed by atoms with Crippen LogP contribution in [-0.2, 0) is 11.3 Å². The number of benzene rings is 1. The Labute approximate surface area is 174 Å². The summed E-state index contributed by atoms with van der Waals surface area (Å²) >= 11 is 0. The molecule has 4 N–H and O–H groups in total. The largest absolute Gasteiger partial charge is 0.353 e. The third-order valence-corrected chi connectivity index (χ3v) is 5.94. The average Bonchev–Trinajstić information content (AvgIpc) is 2.63. The Hall–Kier alpha value is -1.79. The third kappa shape index (κ3) is 6.11. The Bertz CT molecular complexity index is 629. The van der Waals surface area contributed by atoms with Gasteiger partial charge in [0.05, 0.1) is 0 Å². The summed E-state index contributed by atoms with van der Waals surface area (Å²) in [6, 6.07) is 10.2. The molecule has 7 heteroatoms. The molecule has 2 atom stereocenters. The third-order valence-electron chi connectivity index (χ3n) is 5.94. The van der Waals surface area contributed by atoms with Crippen molar-refractivity contribution in [2.24, 2.45) is 17.6 Å². The van der Waals surface area contributed by atoms with Gasteiger partial charge in [0, 0.05) is 38.6 Å². The monoisotopic (exact) mass is 408 g/mol. The van der Waals surface area contributed by atoms with Gasteiger partial charge in [-0.2, -0.15) is 0 Å². The molecule has 2 unspecified atom stereocenters. The second-order valence-electron chi connectivity index (χ2n) is 8.10. The first kappa shape index (κ1) is 22.5. The van der Waals surface area contributed by atoms with Crippen LogP contribution in [0, 0.1) is 11.8 Å². The first-order chi connectivity index (χ1) is 13.0. The number of halogens is 1. The number of urea groups is 1. The summed E-state index contributed by atoms with van der Waals surface area (Å²) in [6.07, 6.45) is 5.92. The van der Waals surface area contributed by atoms with E-state index in [1.807, 2.05) is 30.3 Å². The van der Waals surface area contributed by atoms with Gasteiger partial charge in [-0.05, 0) is 43.1 Å². The number of nitrogens with two attached hydrogens (primary N) is 1. The first-order valence-corrected chi connectivity index (χ1v) is 10.1. The van der Waals surface area contributed by atoms with E-state index in [9.17, 15) is 9.59 Å². The van der Waals surface area contributed by atoms with Gasteiger partial charge < -0.3 is 21.3 Å². The summed E-state index contributed by atoms with van der Waals surface area (Å²) in [7, 11) is 1.76. The van der Waals surface area contributed by atoms with E-state index in [2.05, 4.69) is 10.6 Å². The number of fused-ring (bicyclic) bond motifs is 2. The van der Waals surface area contributed by atoms with Crippen LogP contribution in [0.4, 0.5) is 4.79 Å². The summed E-state index contributed by atoms with van der Waals surface area (Å²) in [5.41, 5.74) is 7.23. The van der Waals surface area contributed by atoms with Gasteiger partial charge in [0.1, 0.15) is 0 Å². The standard InChI is InChI=1S/C21H32N4O2.ClH/c1-25(14-15-6-3-2-4-7-15)21(27)23-11-10-19(26)24-20-16-8-5-9-17(20)13-18(22)12-16;/h2-4,6-7,16-18,20H,5,8-14,22H2,1H3,(H,23,27)(H,24,26);1H. The minimum absolute atomic E-state index is 0. The minimum Gasteiger partial charge on any atom is -0.353 e. The quantitative estimate of drug-likeness (QED) is 0.676. The molecule has 0 spiro atoms. The Morgan fingerprint density at radius 3 is 2.43 bits per heavy atom. The van der Waals surface area contributed by atoms with Crippen LogP contribution < -0.4 is 16.4 Å². The van der Waals surface area contributed by atoms with Crippen LogP contribution in [0.25, 0.3) is 0 Å². The number of carbonyl (C=O) groups excluding carboxylic acids is 2. The highest BCUT2D eigenvalue weighted by Gasteiger charge is 2.39. The molecule has 2 bridgehead atoms. The van der Waals surface area contributed by atoms with Crippen molar-refractivity contribution >= 4 is 24.3 Å². The molecule has 3 amide bonds. The van der Waals surface area contributed by atoms with Gasteiger partial charge in [0.25, 0.3) is 0 Å². The lowest BCUT2D eigenvalue weighted by Crippen LogP contribution is -2.54. The normalized spacial score (nSPS) is 25.9. The van der Waals surface area contributed by atoms with Crippen molar-refractivity contribution in [2.45, 2.75) is 57.2 Å². The van der Waals surface area contributed by atoms with Gasteiger partial charge in [-0.1, -0.05) is 36.8 Å². The molecular formula is C21H33ClN4O2. The molecule has 2 saturated carbocycles. The summed E-state index contributed by atoms with van der Waals surface area (Å²) in [5, 5.41) is 6.06. The zero-order chi connectivity index (χ0) is 19.2. The Kier molecular flexibility index (Phi) is 8.58. The fourth-order valence-corrected chi connectivity index (χ4v) is 4.63. The minimum atomic E-state index is -0.160. The van der Waals surface area contributed by atoms with Crippen molar-refractivity contribution in [1.82, 2.24) is 15.5 Å². The molecule has 1 aromatic carbocycles. The van der Waals surface area contributed by atoms with Crippen molar-refractivity contribution in [3.05, 3.63) is 35.9 Å². The van der Waals surface area contributed by atoms with E-state index in [1.54, 1.807) is 11.9 Å². The molecule has 2 aliphatic rings. The van der Waals surface area contributed by atoms with Gasteiger partial charge in [0.15, 0.2) is 0 Å². The molecule has 2 aliphatic carbocycles. The van der Waals surface area contributed by atoms with Crippen LogP contribution in [-0.4, -0.2) is 42.5 Å². The Morgan fingerprint density at radius 1 is 1.14 bits per heavy atom. The van der Waals surface area contributed by atoms with E-state index >= 15 is 0 Å². The molecule has 2 fully saturated rings. The Morgan fingerprint density at radius 2 is 1.79 bits per heavy atom. The van der Waals surface area contributed by atoms with Gasteiger partial charge >= 0.3 is 6.03 Å². The van der Waals surface area contributed by atoms with Crippen molar-refractivity contribution in [2.75, 3.05) is 13.6 Å². The van der Waals surface area contributed by atoms with Crippen LogP contribution >= 0.6 is 12.4 Å². The molecule has 0 heterocycles. The van der Waals surface area contributed by atoms with Crippen LogP contribution in [0.5, 0.6) is 0 Å². The Balaban J connectivity index is 0.00000280. The number of hydrogen-bond donors (Lipinski definition) is 3. The number of rotatable bonds is 6. The second kappa shape index (κ2) is 10.7. The number of amides is 3. The highest BCUT2D eigenvalue weighted by atomic mass is 35.5. The molecular weight excluding hydrogens is 376 g/mol. The highest BCUT2D eigenvalue weighted by molar-refractivity contribution is 5.85. The maximum absolute atomic E-state index is 12.4. The summed E-state index contributed by atoms with van der Waals surface area (Å²) in [6.45, 7) is 0.899. The van der Waals surface area contributed by atoms with E-state index in [0.717, 1.165) is 31.2 Å². The molecule has 3 rings (SSSR count). The molecule has 6 nitrogen and oxygen atoms in total. The van der Waals surface area contributed by atoms with Crippen molar-refractivity contribution in [3.8, 4) is 0 Å². The maximum Gasteiger partial charge on any atom is 0.317 e. The molecule has 0 aliphatic heterocycles.